The van der Waals surface area contributed by atoms with Gasteiger partial charge in [0.05, 0.1) is 18.6 Å². The summed E-state index contributed by atoms with van der Waals surface area (Å²) >= 11 is 0. The van der Waals surface area contributed by atoms with Crippen LogP contribution < -0.4 is 0 Å². The van der Waals surface area contributed by atoms with Gasteiger partial charge in [0.1, 0.15) is 0 Å². The molecular formula is C18H27N3O6S. The Morgan fingerprint density at radius 2 is 1.75 bits per heavy atom. The number of nitrogens with zero attached hydrogens (tertiary/aromatic N) is 3. The molecule has 10 heteroatoms. The molecule has 0 bridgehead atoms. The van der Waals surface area contributed by atoms with Crippen molar-refractivity contribution >= 4 is 22.0 Å². The summed E-state index contributed by atoms with van der Waals surface area (Å²) in [5.41, 5.74) is 0.265. The number of carbonyl (C=O) groups excluding carboxylic acids is 2. The van der Waals surface area contributed by atoms with Crippen LogP contribution in [0.15, 0.2) is 29.2 Å². The Kier molecular flexibility index (Phi) is 7.39. The van der Waals surface area contributed by atoms with Crippen molar-refractivity contribution in [2.24, 2.45) is 5.92 Å². The van der Waals surface area contributed by atoms with Crippen molar-refractivity contribution in [3.8, 4) is 0 Å². The number of carbonyl (C=O) groups is 2. The fourth-order valence-corrected chi connectivity index (χ4v) is 3.66. The van der Waals surface area contributed by atoms with Crippen LogP contribution in [-0.2, 0) is 19.6 Å². The van der Waals surface area contributed by atoms with E-state index in [1.807, 2.05) is 13.8 Å². The lowest BCUT2D eigenvalue weighted by Gasteiger charge is -2.34. The summed E-state index contributed by atoms with van der Waals surface area (Å²) in [4.78, 5) is 32.7. The Balaban J connectivity index is 2.02. The zero-order chi connectivity index (χ0) is 20.9. The predicted molar refractivity (Wildman–Crippen MR) is 102 cm³/mol. The topological polar surface area (TPSA) is 96.5 Å². The van der Waals surface area contributed by atoms with Gasteiger partial charge in [0.15, 0.2) is 0 Å². The van der Waals surface area contributed by atoms with Crippen LogP contribution in [0.1, 0.15) is 24.2 Å². The van der Waals surface area contributed by atoms with Gasteiger partial charge < -0.3 is 14.5 Å². The van der Waals surface area contributed by atoms with E-state index in [9.17, 15) is 18.0 Å². The number of rotatable bonds is 6. The quantitative estimate of drug-likeness (QED) is 0.655. The van der Waals surface area contributed by atoms with E-state index in [2.05, 4.69) is 0 Å². The van der Waals surface area contributed by atoms with Crippen LogP contribution in [0, 0.1) is 5.92 Å². The van der Waals surface area contributed by atoms with Gasteiger partial charge in [0.2, 0.25) is 0 Å². The molecule has 0 radical (unpaired) electrons. The van der Waals surface area contributed by atoms with Gasteiger partial charge in [0.25, 0.3) is 15.9 Å². The van der Waals surface area contributed by atoms with Gasteiger partial charge in [-0.25, -0.2) is 13.2 Å². The lowest BCUT2D eigenvalue weighted by Crippen LogP contribution is -2.50. The molecule has 0 aromatic heterocycles. The standard InChI is InChI=1S/C18H27N3O6S/c1-14(2)13-27-18(23)21-10-8-20(9-11-21)17(22)15-6-5-7-16(12-15)28(24,25)19(3)26-4/h5-7,12,14H,8-11,13H2,1-4H3. The van der Waals surface area contributed by atoms with Gasteiger partial charge in [-0.3, -0.25) is 9.63 Å². The van der Waals surface area contributed by atoms with E-state index in [0.29, 0.717) is 32.8 Å². The summed E-state index contributed by atoms with van der Waals surface area (Å²) in [5, 5.41) is 0. The summed E-state index contributed by atoms with van der Waals surface area (Å²) in [6.45, 7) is 5.72. The lowest BCUT2D eigenvalue weighted by molar-refractivity contribution is -0.0258. The highest BCUT2D eigenvalue weighted by molar-refractivity contribution is 7.89. The number of hydrogen-bond acceptors (Lipinski definition) is 6. The average Bonchev–Trinajstić information content (AvgIpc) is 2.70. The number of benzene rings is 1. The van der Waals surface area contributed by atoms with Gasteiger partial charge in [-0.05, 0) is 24.1 Å². The average molecular weight is 413 g/mol. The zero-order valence-electron chi connectivity index (χ0n) is 16.6. The maximum Gasteiger partial charge on any atom is 0.409 e. The van der Waals surface area contributed by atoms with Crippen LogP contribution in [-0.4, -0.2) is 81.6 Å². The first kappa shape index (κ1) is 22.1. The number of piperazine rings is 1. The predicted octanol–water partition coefficient (Wildman–Crippen LogP) is 1.42. The van der Waals surface area contributed by atoms with E-state index < -0.39 is 10.0 Å². The molecule has 1 aliphatic heterocycles. The largest absolute Gasteiger partial charge is 0.449 e. The molecular weight excluding hydrogens is 386 g/mol. The van der Waals surface area contributed by atoms with Gasteiger partial charge >= 0.3 is 6.09 Å². The molecule has 1 aliphatic rings. The third-order valence-electron chi connectivity index (χ3n) is 4.34. The maximum atomic E-state index is 12.8. The van der Waals surface area contributed by atoms with Crippen LogP contribution in [0.3, 0.4) is 0 Å². The number of hydrogen-bond donors (Lipinski definition) is 0. The van der Waals surface area contributed by atoms with Gasteiger partial charge in [-0.15, -0.1) is 0 Å². The molecule has 0 saturated carbocycles. The molecule has 0 aliphatic carbocycles. The summed E-state index contributed by atoms with van der Waals surface area (Å²) in [5.74, 6) is -0.0279. The molecule has 1 aromatic rings. The van der Waals surface area contributed by atoms with E-state index in [1.165, 1.54) is 32.4 Å². The third-order valence-corrected chi connectivity index (χ3v) is 6.02. The first-order valence-corrected chi connectivity index (χ1v) is 10.4. The second kappa shape index (κ2) is 9.35. The third kappa shape index (κ3) is 5.21. The van der Waals surface area contributed by atoms with E-state index in [0.717, 1.165) is 4.47 Å². The molecule has 1 saturated heterocycles. The van der Waals surface area contributed by atoms with Gasteiger partial charge in [-0.1, -0.05) is 24.4 Å². The summed E-state index contributed by atoms with van der Waals surface area (Å²) < 4.78 is 30.7. The van der Waals surface area contributed by atoms with Crippen LogP contribution in [0.4, 0.5) is 4.79 Å². The summed E-state index contributed by atoms with van der Waals surface area (Å²) in [6.07, 6.45) is -0.378. The molecule has 1 aromatic carbocycles. The molecule has 0 spiro atoms. The highest BCUT2D eigenvalue weighted by Gasteiger charge is 2.27. The van der Waals surface area contributed by atoms with Crippen molar-refractivity contribution < 1.29 is 27.6 Å². The van der Waals surface area contributed by atoms with Crippen molar-refractivity contribution in [2.75, 3.05) is 46.9 Å². The molecule has 0 N–H and O–H groups in total. The minimum atomic E-state index is -3.84. The van der Waals surface area contributed by atoms with E-state index in [4.69, 9.17) is 9.57 Å². The Morgan fingerprint density at radius 1 is 1.14 bits per heavy atom. The van der Waals surface area contributed by atoms with Crippen molar-refractivity contribution in [3.63, 3.8) is 0 Å². The monoisotopic (exact) mass is 413 g/mol. The Morgan fingerprint density at radius 3 is 2.32 bits per heavy atom. The molecule has 0 unspecified atom stereocenters. The molecule has 9 nitrogen and oxygen atoms in total. The number of amides is 2. The summed E-state index contributed by atoms with van der Waals surface area (Å²) in [6, 6.07) is 5.82. The van der Waals surface area contributed by atoms with E-state index in [1.54, 1.807) is 15.9 Å². The maximum absolute atomic E-state index is 12.8. The van der Waals surface area contributed by atoms with Gasteiger partial charge in [-0.2, -0.15) is 0 Å². The van der Waals surface area contributed by atoms with E-state index >= 15 is 0 Å². The summed E-state index contributed by atoms with van der Waals surface area (Å²) in [7, 11) is -1.31. The molecule has 1 heterocycles. The van der Waals surface area contributed by atoms with Crippen LogP contribution in [0.5, 0.6) is 0 Å². The SMILES string of the molecule is CON(C)S(=O)(=O)c1cccc(C(=O)N2CCN(C(=O)OCC(C)C)CC2)c1. The smallest absolute Gasteiger partial charge is 0.409 e. The molecule has 0 atom stereocenters. The highest BCUT2D eigenvalue weighted by atomic mass is 32.2. The number of sulfonamides is 1. The fourth-order valence-electron chi connectivity index (χ4n) is 2.64. The lowest BCUT2D eigenvalue weighted by atomic mass is 10.2. The first-order chi connectivity index (χ1) is 13.2. The number of hydroxylamine groups is 1. The second-order valence-electron chi connectivity index (χ2n) is 6.88. The van der Waals surface area contributed by atoms with Crippen LogP contribution >= 0.6 is 0 Å². The molecule has 2 amide bonds. The molecule has 2 rings (SSSR count). The molecule has 1 fully saturated rings. The fraction of sp³-hybridized carbons (Fsp3) is 0.556. The Labute approximate surface area is 165 Å². The first-order valence-electron chi connectivity index (χ1n) is 9.01. The second-order valence-corrected chi connectivity index (χ2v) is 8.81. The van der Waals surface area contributed by atoms with Crippen molar-refractivity contribution in [1.82, 2.24) is 14.3 Å². The Bertz CT molecular complexity index is 803. The van der Waals surface area contributed by atoms with E-state index in [-0.39, 0.29) is 28.4 Å². The minimum absolute atomic E-state index is 0.0291. The molecule has 156 valence electrons. The molecule has 28 heavy (non-hydrogen) atoms. The number of ether oxygens (including phenoxy) is 1. The normalized spacial score (nSPS) is 15.2. The highest BCUT2D eigenvalue weighted by Crippen LogP contribution is 2.18. The zero-order valence-corrected chi connectivity index (χ0v) is 17.4. The van der Waals surface area contributed by atoms with Gasteiger partial charge in [0, 0.05) is 38.8 Å². The minimum Gasteiger partial charge on any atom is -0.449 e. The Hall–Kier alpha value is -2.17. The van der Waals surface area contributed by atoms with Crippen molar-refractivity contribution in [3.05, 3.63) is 29.8 Å². The van der Waals surface area contributed by atoms with Crippen molar-refractivity contribution in [2.45, 2.75) is 18.7 Å². The van der Waals surface area contributed by atoms with Crippen LogP contribution in [0.2, 0.25) is 0 Å². The van der Waals surface area contributed by atoms with Crippen LogP contribution in [0.25, 0.3) is 0 Å². The van der Waals surface area contributed by atoms with Crippen molar-refractivity contribution in [1.29, 1.82) is 0 Å².